The van der Waals surface area contributed by atoms with Gasteiger partial charge in [-0.15, -0.1) is 0 Å². The number of anilines is 1. The summed E-state index contributed by atoms with van der Waals surface area (Å²) in [4.78, 5) is 0. The quantitative estimate of drug-likeness (QED) is 0.760. The van der Waals surface area contributed by atoms with E-state index in [-0.39, 0.29) is 5.41 Å². The minimum Gasteiger partial charge on any atom is -0.495 e. The van der Waals surface area contributed by atoms with Crippen LogP contribution in [0, 0.1) is 6.92 Å². The van der Waals surface area contributed by atoms with Crippen molar-refractivity contribution < 1.29 is 4.74 Å². The van der Waals surface area contributed by atoms with Gasteiger partial charge in [-0.2, -0.15) is 0 Å². The van der Waals surface area contributed by atoms with Gasteiger partial charge in [-0.25, -0.2) is 0 Å². The van der Waals surface area contributed by atoms with Crippen LogP contribution in [-0.2, 0) is 5.41 Å². The number of aryl methyl sites for hydroxylation is 1. The molecule has 15 heavy (non-hydrogen) atoms. The van der Waals surface area contributed by atoms with Gasteiger partial charge < -0.3 is 10.1 Å². The maximum Gasteiger partial charge on any atom is 0.142 e. The molecule has 1 aromatic rings. The van der Waals surface area contributed by atoms with Gasteiger partial charge in [0, 0.05) is 6.54 Å². The number of hydrogen-bond donors (Lipinski definition) is 1. The lowest BCUT2D eigenvalue weighted by molar-refractivity contribution is 0.408. The van der Waals surface area contributed by atoms with Crippen LogP contribution >= 0.6 is 0 Å². The normalized spacial score (nSPS) is 17.9. The first-order chi connectivity index (χ1) is 7.04. The van der Waals surface area contributed by atoms with Crippen molar-refractivity contribution in [2.45, 2.75) is 32.6 Å². The molecule has 0 spiro atoms. The maximum absolute atomic E-state index is 5.42. The van der Waals surface area contributed by atoms with Crippen LogP contribution in [0.3, 0.4) is 0 Å². The van der Waals surface area contributed by atoms with E-state index >= 15 is 0 Å². The van der Waals surface area contributed by atoms with Crippen LogP contribution in [0.4, 0.5) is 5.69 Å². The molecule has 0 saturated carbocycles. The number of ether oxygens (including phenoxy) is 1. The summed E-state index contributed by atoms with van der Waals surface area (Å²) in [6.45, 7) is 7.74. The Balaban J connectivity index is 2.61. The van der Waals surface area contributed by atoms with Gasteiger partial charge in [0.15, 0.2) is 0 Å². The fourth-order valence-corrected chi connectivity index (χ4v) is 2.26. The van der Waals surface area contributed by atoms with Crippen molar-refractivity contribution in [3.05, 3.63) is 23.3 Å². The number of rotatable bonds is 1. The highest BCUT2D eigenvalue weighted by atomic mass is 16.5. The van der Waals surface area contributed by atoms with Gasteiger partial charge in [-0.1, -0.05) is 19.9 Å². The monoisotopic (exact) mass is 205 g/mol. The first-order valence-electron chi connectivity index (χ1n) is 5.47. The Morgan fingerprint density at radius 3 is 2.73 bits per heavy atom. The SMILES string of the molecule is COc1cc(C)cc2c1NCCC2(C)C. The van der Waals surface area contributed by atoms with Crippen molar-refractivity contribution in [2.75, 3.05) is 19.0 Å². The second kappa shape index (κ2) is 3.44. The van der Waals surface area contributed by atoms with Crippen molar-refractivity contribution in [3.8, 4) is 5.75 Å². The topological polar surface area (TPSA) is 21.3 Å². The minimum atomic E-state index is 0.250. The molecule has 0 atom stereocenters. The van der Waals surface area contributed by atoms with Crippen molar-refractivity contribution >= 4 is 5.69 Å². The third-order valence-electron chi connectivity index (χ3n) is 3.25. The second-order valence-corrected chi connectivity index (χ2v) is 4.95. The predicted octanol–water partition coefficient (Wildman–Crippen LogP) is 3.10. The standard InChI is InChI=1S/C13H19NO/c1-9-7-10-12(11(8-9)15-4)14-6-5-13(10,2)3/h7-8,14H,5-6H2,1-4H3. The molecule has 0 aliphatic carbocycles. The van der Waals surface area contributed by atoms with Crippen molar-refractivity contribution in [1.82, 2.24) is 0 Å². The molecule has 2 heteroatoms. The number of nitrogens with one attached hydrogen (secondary N) is 1. The molecule has 82 valence electrons. The molecule has 1 N–H and O–H groups in total. The highest BCUT2D eigenvalue weighted by Crippen LogP contribution is 2.42. The molecular weight excluding hydrogens is 186 g/mol. The van der Waals surface area contributed by atoms with E-state index in [0.29, 0.717) is 0 Å². The molecule has 0 saturated heterocycles. The van der Waals surface area contributed by atoms with Crippen LogP contribution in [0.15, 0.2) is 12.1 Å². The van der Waals surface area contributed by atoms with Gasteiger partial charge in [0.25, 0.3) is 0 Å². The lowest BCUT2D eigenvalue weighted by Crippen LogP contribution is -2.28. The van der Waals surface area contributed by atoms with E-state index in [1.807, 2.05) is 0 Å². The number of hydrogen-bond acceptors (Lipinski definition) is 2. The summed E-state index contributed by atoms with van der Waals surface area (Å²) in [5.74, 6) is 0.970. The van der Waals surface area contributed by atoms with Crippen molar-refractivity contribution in [1.29, 1.82) is 0 Å². The fraction of sp³-hybridized carbons (Fsp3) is 0.538. The lowest BCUT2D eigenvalue weighted by Gasteiger charge is -2.34. The van der Waals surface area contributed by atoms with Crippen LogP contribution in [0.2, 0.25) is 0 Å². The van der Waals surface area contributed by atoms with Crippen LogP contribution in [0.25, 0.3) is 0 Å². The molecule has 0 amide bonds. The minimum absolute atomic E-state index is 0.250. The van der Waals surface area contributed by atoms with Gasteiger partial charge in [0.05, 0.1) is 12.8 Å². The summed E-state index contributed by atoms with van der Waals surface area (Å²) in [5, 5.41) is 3.44. The number of benzene rings is 1. The van der Waals surface area contributed by atoms with E-state index in [1.165, 1.54) is 23.2 Å². The first kappa shape index (κ1) is 10.3. The molecule has 1 heterocycles. The molecule has 0 radical (unpaired) electrons. The maximum atomic E-state index is 5.42. The Kier molecular flexibility index (Phi) is 2.37. The Morgan fingerprint density at radius 1 is 1.33 bits per heavy atom. The van der Waals surface area contributed by atoms with Gasteiger partial charge in [0.1, 0.15) is 5.75 Å². The summed E-state index contributed by atoms with van der Waals surface area (Å²) in [7, 11) is 1.73. The molecular formula is C13H19NO. The lowest BCUT2D eigenvalue weighted by atomic mass is 9.77. The molecule has 0 bridgehead atoms. The van der Waals surface area contributed by atoms with E-state index < -0.39 is 0 Å². The first-order valence-corrected chi connectivity index (χ1v) is 5.47. The van der Waals surface area contributed by atoms with E-state index in [1.54, 1.807) is 7.11 Å². The van der Waals surface area contributed by atoms with Crippen LogP contribution in [0.1, 0.15) is 31.4 Å². The van der Waals surface area contributed by atoms with E-state index in [0.717, 1.165) is 12.3 Å². The van der Waals surface area contributed by atoms with Crippen LogP contribution in [0.5, 0.6) is 5.75 Å². The summed E-state index contributed by atoms with van der Waals surface area (Å²) < 4.78 is 5.42. The summed E-state index contributed by atoms with van der Waals surface area (Å²) in [6.07, 6.45) is 1.17. The van der Waals surface area contributed by atoms with E-state index in [9.17, 15) is 0 Å². The van der Waals surface area contributed by atoms with Crippen molar-refractivity contribution in [2.24, 2.45) is 0 Å². The highest BCUT2D eigenvalue weighted by molar-refractivity contribution is 5.67. The highest BCUT2D eigenvalue weighted by Gasteiger charge is 2.29. The molecule has 0 unspecified atom stereocenters. The zero-order chi connectivity index (χ0) is 11.1. The largest absolute Gasteiger partial charge is 0.495 e. The Morgan fingerprint density at radius 2 is 2.07 bits per heavy atom. The number of methoxy groups -OCH3 is 1. The Bertz CT molecular complexity index is 382. The fourth-order valence-electron chi connectivity index (χ4n) is 2.26. The molecule has 1 aromatic carbocycles. The summed E-state index contributed by atoms with van der Waals surface area (Å²) in [6, 6.07) is 4.36. The predicted molar refractivity (Wildman–Crippen MR) is 63.9 cm³/mol. The molecule has 2 nitrogen and oxygen atoms in total. The smallest absolute Gasteiger partial charge is 0.142 e. The Hall–Kier alpha value is -1.18. The third-order valence-corrected chi connectivity index (χ3v) is 3.25. The van der Waals surface area contributed by atoms with E-state index in [4.69, 9.17) is 4.74 Å². The molecule has 2 rings (SSSR count). The molecule has 1 aliphatic rings. The molecule has 0 aromatic heterocycles. The zero-order valence-corrected chi connectivity index (χ0v) is 9.98. The third kappa shape index (κ3) is 1.69. The summed E-state index contributed by atoms with van der Waals surface area (Å²) >= 11 is 0. The second-order valence-electron chi connectivity index (χ2n) is 4.95. The average molecular weight is 205 g/mol. The van der Waals surface area contributed by atoms with E-state index in [2.05, 4.69) is 38.2 Å². The van der Waals surface area contributed by atoms with Gasteiger partial charge in [0.2, 0.25) is 0 Å². The molecule has 1 aliphatic heterocycles. The average Bonchev–Trinajstić information content (AvgIpc) is 2.18. The van der Waals surface area contributed by atoms with Crippen LogP contribution < -0.4 is 10.1 Å². The van der Waals surface area contributed by atoms with Gasteiger partial charge in [-0.05, 0) is 36.0 Å². The molecule has 0 fully saturated rings. The Labute approximate surface area is 91.6 Å². The van der Waals surface area contributed by atoms with Gasteiger partial charge in [-0.3, -0.25) is 0 Å². The summed E-state index contributed by atoms with van der Waals surface area (Å²) in [5.41, 5.74) is 4.08. The number of fused-ring (bicyclic) bond motifs is 1. The zero-order valence-electron chi connectivity index (χ0n) is 9.98. The van der Waals surface area contributed by atoms with Crippen molar-refractivity contribution in [3.63, 3.8) is 0 Å². The van der Waals surface area contributed by atoms with Crippen LogP contribution in [-0.4, -0.2) is 13.7 Å². The van der Waals surface area contributed by atoms with Gasteiger partial charge >= 0.3 is 0 Å².